The zero-order valence-corrected chi connectivity index (χ0v) is 12.8. The van der Waals surface area contributed by atoms with Crippen molar-refractivity contribution in [1.29, 1.82) is 0 Å². The number of ether oxygens (including phenoxy) is 2. The van der Waals surface area contributed by atoms with Gasteiger partial charge < -0.3 is 19.8 Å². The smallest absolute Gasteiger partial charge is 0.511 e. The maximum Gasteiger partial charge on any atom is 0.511 e. The number of hydrogen-bond donors (Lipinski definition) is 1. The molecule has 1 saturated heterocycles. The molecule has 1 heterocycles. The molecular formula is C12H21N3O7. The van der Waals surface area contributed by atoms with Crippen LogP contribution in [0.2, 0.25) is 0 Å². The SMILES string of the molecule is CC(C)OC(=O)OC(C)ON=[N+]([O-])N1CCC(C(=O)O)CC1. The second kappa shape index (κ2) is 8.25. The normalized spacial score (nSPS) is 18.0. The highest BCUT2D eigenvalue weighted by Crippen LogP contribution is 2.17. The Kier molecular flexibility index (Phi) is 6.67. The van der Waals surface area contributed by atoms with Gasteiger partial charge in [-0.3, -0.25) is 9.63 Å². The van der Waals surface area contributed by atoms with Gasteiger partial charge in [0, 0.05) is 6.92 Å². The molecule has 0 spiro atoms. The van der Waals surface area contributed by atoms with Gasteiger partial charge in [-0.05, 0) is 26.7 Å². The lowest BCUT2D eigenvalue weighted by Gasteiger charge is -2.25. The van der Waals surface area contributed by atoms with Crippen LogP contribution >= 0.6 is 0 Å². The van der Waals surface area contributed by atoms with Crippen LogP contribution in [0.25, 0.3) is 0 Å². The van der Waals surface area contributed by atoms with Crippen molar-refractivity contribution in [2.24, 2.45) is 11.2 Å². The Bertz CT molecular complexity index is 419. The second-order valence-corrected chi connectivity index (χ2v) is 5.11. The quantitative estimate of drug-likeness (QED) is 0.257. The van der Waals surface area contributed by atoms with E-state index in [9.17, 15) is 14.8 Å². The van der Waals surface area contributed by atoms with Crippen molar-refractivity contribution in [2.75, 3.05) is 13.1 Å². The zero-order chi connectivity index (χ0) is 16.7. The number of carbonyl (C=O) groups is 2. The minimum atomic E-state index is -1.08. The van der Waals surface area contributed by atoms with E-state index in [1.165, 1.54) is 11.9 Å². The lowest BCUT2D eigenvalue weighted by atomic mass is 9.98. The predicted molar refractivity (Wildman–Crippen MR) is 71.2 cm³/mol. The van der Waals surface area contributed by atoms with Crippen LogP contribution in [0.15, 0.2) is 5.28 Å². The third kappa shape index (κ3) is 6.02. The summed E-state index contributed by atoms with van der Waals surface area (Å²) in [5.74, 6) is -1.31. The minimum absolute atomic E-state index is 0.228. The number of hydrogen-bond acceptors (Lipinski definition) is 7. The first kappa shape index (κ1) is 17.8. The molecular weight excluding hydrogens is 298 g/mol. The summed E-state index contributed by atoms with van der Waals surface area (Å²) in [4.78, 5) is 27.0. The third-order valence-corrected chi connectivity index (χ3v) is 2.92. The van der Waals surface area contributed by atoms with E-state index in [-0.39, 0.29) is 24.2 Å². The molecule has 0 bridgehead atoms. The summed E-state index contributed by atoms with van der Waals surface area (Å²) in [7, 11) is 0. The van der Waals surface area contributed by atoms with E-state index in [2.05, 4.69) is 5.28 Å². The molecule has 1 aliphatic rings. The number of piperidine rings is 1. The Balaban J connectivity index is 2.36. The van der Waals surface area contributed by atoms with Gasteiger partial charge in [0.15, 0.2) is 0 Å². The topological polar surface area (TPSA) is 124 Å². The van der Waals surface area contributed by atoms with E-state index in [4.69, 9.17) is 19.4 Å². The third-order valence-electron chi connectivity index (χ3n) is 2.92. The van der Waals surface area contributed by atoms with Crippen molar-refractivity contribution < 1.29 is 34.0 Å². The standard InChI is InChI=1S/C12H21N3O7/c1-8(2)20-12(18)21-9(3)22-13-15(19)14-6-4-10(5-7-14)11(16)17/h8-10H,4-7H2,1-3H3,(H,16,17). The van der Waals surface area contributed by atoms with Crippen LogP contribution in [0.5, 0.6) is 0 Å². The Hall–Kier alpha value is -2.26. The Morgan fingerprint density at radius 2 is 1.86 bits per heavy atom. The molecule has 0 amide bonds. The molecule has 0 aliphatic carbocycles. The first-order valence-corrected chi connectivity index (χ1v) is 6.98. The molecule has 1 aliphatic heterocycles. The van der Waals surface area contributed by atoms with Gasteiger partial charge in [-0.1, -0.05) is 0 Å². The molecule has 0 aromatic rings. The monoisotopic (exact) mass is 319 g/mol. The molecule has 0 saturated carbocycles. The van der Waals surface area contributed by atoms with Gasteiger partial charge in [0.2, 0.25) is 5.28 Å². The zero-order valence-electron chi connectivity index (χ0n) is 12.8. The number of hydrazine groups is 1. The molecule has 10 nitrogen and oxygen atoms in total. The number of nitrogens with zero attached hydrogens (tertiary/aromatic N) is 3. The van der Waals surface area contributed by atoms with E-state index in [0.717, 1.165) is 0 Å². The lowest BCUT2D eigenvalue weighted by Crippen LogP contribution is -2.40. The summed E-state index contributed by atoms with van der Waals surface area (Å²) in [6.45, 7) is 5.24. The van der Waals surface area contributed by atoms with Crippen LogP contribution in [0, 0.1) is 11.1 Å². The van der Waals surface area contributed by atoms with Gasteiger partial charge in [-0.25, -0.2) is 4.79 Å². The largest absolute Gasteiger partial charge is 0.569 e. The van der Waals surface area contributed by atoms with Crippen LogP contribution in [-0.2, 0) is 19.1 Å². The van der Waals surface area contributed by atoms with E-state index in [1.807, 2.05) is 0 Å². The lowest BCUT2D eigenvalue weighted by molar-refractivity contribution is -0.715. The second-order valence-electron chi connectivity index (χ2n) is 5.11. The Morgan fingerprint density at radius 1 is 1.27 bits per heavy atom. The number of carbonyl (C=O) groups excluding carboxylic acids is 1. The van der Waals surface area contributed by atoms with Crippen molar-refractivity contribution in [2.45, 2.75) is 46.0 Å². The van der Waals surface area contributed by atoms with Crippen molar-refractivity contribution in [3.8, 4) is 0 Å². The van der Waals surface area contributed by atoms with Crippen LogP contribution < -0.4 is 0 Å². The van der Waals surface area contributed by atoms with Crippen molar-refractivity contribution in [1.82, 2.24) is 5.01 Å². The molecule has 0 aromatic carbocycles. The summed E-state index contributed by atoms with van der Waals surface area (Å²) in [6.07, 6.45) is -1.62. The summed E-state index contributed by atoms with van der Waals surface area (Å²) in [6, 6.07) is 0. The van der Waals surface area contributed by atoms with Crippen LogP contribution in [0.3, 0.4) is 0 Å². The van der Waals surface area contributed by atoms with Gasteiger partial charge in [-0.2, -0.15) is 0 Å². The van der Waals surface area contributed by atoms with Crippen LogP contribution in [0.1, 0.15) is 33.6 Å². The molecule has 1 N–H and O–H groups in total. The van der Waals surface area contributed by atoms with E-state index >= 15 is 0 Å². The van der Waals surface area contributed by atoms with E-state index in [1.54, 1.807) is 13.8 Å². The van der Waals surface area contributed by atoms with E-state index in [0.29, 0.717) is 12.8 Å². The van der Waals surface area contributed by atoms with Gasteiger partial charge in [0.1, 0.15) is 0 Å². The number of carboxylic acids is 1. The molecule has 126 valence electrons. The van der Waals surface area contributed by atoms with Crippen molar-refractivity contribution in [3.05, 3.63) is 5.21 Å². The maximum absolute atomic E-state index is 11.7. The highest BCUT2D eigenvalue weighted by molar-refractivity contribution is 5.70. The molecule has 1 rings (SSSR count). The van der Waals surface area contributed by atoms with Crippen molar-refractivity contribution in [3.63, 3.8) is 0 Å². The summed E-state index contributed by atoms with van der Waals surface area (Å²) >= 11 is 0. The molecule has 10 heteroatoms. The Labute approximate surface area is 127 Å². The van der Waals surface area contributed by atoms with Crippen LogP contribution in [-0.4, -0.2) is 52.7 Å². The van der Waals surface area contributed by atoms with Gasteiger partial charge >= 0.3 is 12.1 Å². The van der Waals surface area contributed by atoms with Gasteiger partial charge in [0.25, 0.3) is 6.29 Å². The molecule has 0 aromatic heterocycles. The fourth-order valence-corrected chi connectivity index (χ4v) is 1.82. The average Bonchev–Trinajstić information content (AvgIpc) is 2.43. The average molecular weight is 319 g/mol. The number of aliphatic carboxylic acids is 1. The summed E-state index contributed by atoms with van der Waals surface area (Å²) < 4.78 is 9.45. The van der Waals surface area contributed by atoms with E-state index < -0.39 is 24.3 Å². The molecule has 1 fully saturated rings. The van der Waals surface area contributed by atoms with Gasteiger partial charge in [-0.15, -0.1) is 5.01 Å². The van der Waals surface area contributed by atoms with Crippen LogP contribution in [0.4, 0.5) is 4.79 Å². The number of rotatable bonds is 6. The van der Waals surface area contributed by atoms with Crippen molar-refractivity contribution >= 4 is 12.1 Å². The maximum atomic E-state index is 11.7. The minimum Gasteiger partial charge on any atom is -0.569 e. The molecule has 1 atom stereocenters. The highest BCUT2D eigenvalue weighted by atomic mass is 16.8. The molecule has 22 heavy (non-hydrogen) atoms. The highest BCUT2D eigenvalue weighted by Gasteiger charge is 2.28. The number of carboxylic acid groups (broad SMARTS) is 1. The first-order chi connectivity index (χ1) is 10.3. The summed E-state index contributed by atoms with van der Waals surface area (Å²) in [5, 5.41) is 25.1. The molecule has 0 radical (unpaired) electrons. The predicted octanol–water partition coefficient (Wildman–Crippen LogP) is 1.50. The van der Waals surface area contributed by atoms with Gasteiger partial charge in [0.05, 0.1) is 30.1 Å². The first-order valence-electron chi connectivity index (χ1n) is 6.98. The summed E-state index contributed by atoms with van der Waals surface area (Å²) in [5.41, 5.74) is 0. The molecule has 1 unspecified atom stereocenters. The Morgan fingerprint density at radius 3 is 2.36 bits per heavy atom. The fraction of sp³-hybridized carbons (Fsp3) is 0.833. The fourth-order valence-electron chi connectivity index (χ4n) is 1.82.